The molecule has 216 valence electrons. The summed E-state index contributed by atoms with van der Waals surface area (Å²) in [5.41, 5.74) is 9.15. The van der Waals surface area contributed by atoms with Crippen LogP contribution in [0.1, 0.15) is 52.0 Å². The van der Waals surface area contributed by atoms with Crippen LogP contribution in [0.5, 0.6) is 5.75 Å². The van der Waals surface area contributed by atoms with E-state index in [1.807, 2.05) is 12.1 Å². The zero-order chi connectivity index (χ0) is 28.6. The molecular weight excluding hydrogens is 514 g/mol. The highest BCUT2D eigenvalue weighted by Crippen LogP contribution is 2.31. The molecule has 1 aromatic carbocycles. The van der Waals surface area contributed by atoms with Crippen molar-refractivity contribution < 1.29 is 47.5 Å². The maximum Gasteiger partial charge on any atom is 0.303 e. The lowest BCUT2D eigenvalue weighted by Gasteiger charge is -2.44. The van der Waals surface area contributed by atoms with Gasteiger partial charge < -0.3 is 33.2 Å². The van der Waals surface area contributed by atoms with Crippen LogP contribution in [0.2, 0.25) is 0 Å². The van der Waals surface area contributed by atoms with Gasteiger partial charge in [0.15, 0.2) is 18.5 Å². The Kier molecular flexibility index (Phi) is 14.1. The molecule has 39 heavy (non-hydrogen) atoms. The maximum atomic E-state index is 12.1. The average molecular weight is 552 g/mol. The lowest BCUT2D eigenvalue weighted by atomic mass is 9.98. The molecule has 2 rings (SSSR count). The van der Waals surface area contributed by atoms with Crippen LogP contribution in [0.3, 0.4) is 0 Å². The van der Waals surface area contributed by atoms with Crippen LogP contribution in [0.4, 0.5) is 0 Å². The van der Waals surface area contributed by atoms with Gasteiger partial charge in [-0.15, -0.1) is 0 Å². The zero-order valence-electron chi connectivity index (χ0n) is 22.8. The van der Waals surface area contributed by atoms with Crippen molar-refractivity contribution in [1.29, 1.82) is 0 Å². The summed E-state index contributed by atoms with van der Waals surface area (Å²) >= 11 is 0. The second-order valence-electron chi connectivity index (χ2n) is 8.86. The molecule has 13 nitrogen and oxygen atoms in total. The fraction of sp³-hybridized carbons (Fsp3) is 0.654. The minimum atomic E-state index is -1.08. The summed E-state index contributed by atoms with van der Waals surface area (Å²) in [6, 6.07) is 7.17. The molecule has 1 heterocycles. The third-order valence-electron chi connectivity index (χ3n) is 5.75. The van der Waals surface area contributed by atoms with Crippen LogP contribution in [0.25, 0.3) is 10.4 Å². The van der Waals surface area contributed by atoms with Crippen LogP contribution in [-0.2, 0) is 49.4 Å². The minimum Gasteiger partial charge on any atom is -0.497 e. The van der Waals surface area contributed by atoms with E-state index in [0.717, 1.165) is 24.8 Å². The monoisotopic (exact) mass is 551 g/mol. The first-order valence-corrected chi connectivity index (χ1v) is 12.8. The number of unbranched alkanes of at least 4 members (excludes halogenated alkanes) is 3. The molecule has 1 fully saturated rings. The van der Waals surface area contributed by atoms with Gasteiger partial charge in [-0.05, 0) is 36.1 Å². The minimum absolute atomic E-state index is 0.0857. The molecule has 1 aromatic rings. The number of rotatable bonds is 16. The van der Waals surface area contributed by atoms with E-state index < -0.39 is 48.6 Å². The van der Waals surface area contributed by atoms with Crippen molar-refractivity contribution in [2.75, 3.05) is 26.9 Å². The molecule has 0 N–H and O–H groups in total. The van der Waals surface area contributed by atoms with E-state index >= 15 is 0 Å². The van der Waals surface area contributed by atoms with Gasteiger partial charge in [0.25, 0.3) is 0 Å². The Balaban J connectivity index is 2.23. The highest BCUT2D eigenvalue weighted by atomic mass is 16.7. The summed E-state index contributed by atoms with van der Waals surface area (Å²) in [5, 5.41) is 3.51. The van der Waals surface area contributed by atoms with Gasteiger partial charge >= 0.3 is 17.9 Å². The summed E-state index contributed by atoms with van der Waals surface area (Å²) in [6.45, 7) is 4.28. The number of azide groups is 1. The van der Waals surface area contributed by atoms with Gasteiger partial charge in [0, 0.05) is 38.8 Å². The quantitative estimate of drug-likeness (QED) is 0.0740. The lowest BCUT2D eigenvalue weighted by Crippen LogP contribution is -2.62. The molecule has 0 spiro atoms. The first-order valence-electron chi connectivity index (χ1n) is 12.8. The Hall–Kier alpha value is -3.38. The molecule has 5 atom stereocenters. The number of ether oxygens (including phenoxy) is 7. The molecule has 0 saturated carbocycles. The number of esters is 3. The van der Waals surface area contributed by atoms with Crippen LogP contribution in [0.15, 0.2) is 29.4 Å². The van der Waals surface area contributed by atoms with Crippen molar-refractivity contribution in [3.8, 4) is 5.75 Å². The fourth-order valence-corrected chi connectivity index (χ4v) is 3.98. The molecule has 0 radical (unpaired) electrons. The third-order valence-corrected chi connectivity index (χ3v) is 5.75. The van der Waals surface area contributed by atoms with Crippen molar-refractivity contribution >= 4 is 17.9 Å². The Bertz CT molecular complexity index is 967. The zero-order valence-corrected chi connectivity index (χ0v) is 22.8. The molecule has 0 bridgehead atoms. The molecule has 1 aliphatic heterocycles. The highest BCUT2D eigenvalue weighted by Gasteiger charge is 2.51. The Morgan fingerprint density at radius 2 is 1.56 bits per heavy atom. The van der Waals surface area contributed by atoms with E-state index in [4.69, 9.17) is 38.7 Å². The first kappa shape index (κ1) is 31.8. The van der Waals surface area contributed by atoms with Gasteiger partial charge in [-0.25, -0.2) is 0 Å². The molecule has 0 aliphatic carbocycles. The van der Waals surface area contributed by atoms with Gasteiger partial charge in [0.1, 0.15) is 24.6 Å². The number of hydrogen-bond acceptors (Lipinski definition) is 11. The summed E-state index contributed by atoms with van der Waals surface area (Å²) in [7, 11) is 1.56. The van der Waals surface area contributed by atoms with Crippen LogP contribution < -0.4 is 4.74 Å². The fourth-order valence-electron chi connectivity index (χ4n) is 3.98. The number of carbonyl (C=O) groups excluding carboxylic acids is 3. The van der Waals surface area contributed by atoms with E-state index in [1.54, 1.807) is 19.2 Å². The molecule has 13 heteroatoms. The summed E-state index contributed by atoms with van der Waals surface area (Å²) in [4.78, 5) is 38.3. The largest absolute Gasteiger partial charge is 0.497 e. The van der Waals surface area contributed by atoms with E-state index in [9.17, 15) is 14.4 Å². The molecule has 1 aliphatic rings. The third kappa shape index (κ3) is 11.5. The Morgan fingerprint density at radius 3 is 2.18 bits per heavy atom. The SMILES string of the molecule is COc1ccc(CO[C@H]2[C@@H](OC(C)=O)[C@@H](COC(C)=O)O[C@@H](OCCCCCCN=[N+]=[N-])[C@@H]2OC(C)=O)cc1. The Labute approximate surface area is 227 Å². The van der Waals surface area contributed by atoms with E-state index in [0.29, 0.717) is 18.7 Å². The molecule has 0 aromatic heterocycles. The predicted molar refractivity (Wildman–Crippen MR) is 136 cm³/mol. The number of carbonyl (C=O) groups is 3. The molecular formula is C26H37N3O10. The summed E-state index contributed by atoms with van der Waals surface area (Å²) in [6.07, 6.45) is -2.08. The van der Waals surface area contributed by atoms with Crippen molar-refractivity contribution in [3.63, 3.8) is 0 Å². The van der Waals surface area contributed by atoms with Gasteiger partial charge in [0.2, 0.25) is 0 Å². The number of hydrogen-bond donors (Lipinski definition) is 0. The molecule has 0 unspecified atom stereocenters. The molecule has 1 saturated heterocycles. The van der Waals surface area contributed by atoms with Crippen LogP contribution in [-0.4, -0.2) is 75.5 Å². The standard InChI is InChI=1S/C26H37N3O10/c1-17(30)35-16-22-23(37-18(2)31)24(36-15-20-9-11-21(33-4)12-10-20)25(38-19(3)32)26(39-22)34-14-8-6-5-7-13-28-29-27/h9-12,22-26H,5-8,13-16H2,1-4H3/t22-,23+,24+,25-,26-/m1/s1. The van der Waals surface area contributed by atoms with Gasteiger partial charge in [0.05, 0.1) is 13.7 Å². The number of methoxy groups -OCH3 is 1. The first-order chi connectivity index (χ1) is 18.7. The van der Waals surface area contributed by atoms with Crippen LogP contribution in [0, 0.1) is 0 Å². The van der Waals surface area contributed by atoms with E-state index in [-0.39, 0.29) is 19.8 Å². The van der Waals surface area contributed by atoms with Crippen LogP contribution >= 0.6 is 0 Å². The predicted octanol–water partition coefficient (Wildman–Crippen LogP) is 3.62. The number of benzene rings is 1. The normalized spacial score (nSPS) is 22.3. The van der Waals surface area contributed by atoms with E-state index in [1.165, 1.54) is 20.8 Å². The lowest BCUT2D eigenvalue weighted by molar-refractivity contribution is -0.313. The topological polar surface area (TPSA) is 165 Å². The second-order valence-corrected chi connectivity index (χ2v) is 8.86. The van der Waals surface area contributed by atoms with Crippen molar-refractivity contribution in [2.45, 2.75) is 83.8 Å². The van der Waals surface area contributed by atoms with Gasteiger partial charge in [-0.2, -0.15) is 0 Å². The molecule has 0 amide bonds. The maximum absolute atomic E-state index is 12.1. The van der Waals surface area contributed by atoms with Crippen molar-refractivity contribution in [3.05, 3.63) is 40.3 Å². The van der Waals surface area contributed by atoms with Gasteiger partial charge in [-0.1, -0.05) is 30.1 Å². The van der Waals surface area contributed by atoms with Gasteiger partial charge in [-0.3, -0.25) is 14.4 Å². The summed E-state index contributed by atoms with van der Waals surface area (Å²) in [5.74, 6) is -1.09. The Morgan fingerprint density at radius 1 is 0.897 bits per heavy atom. The summed E-state index contributed by atoms with van der Waals surface area (Å²) < 4.78 is 39.6. The number of nitrogens with zero attached hydrogens (tertiary/aromatic N) is 3. The second kappa shape index (κ2) is 17.3. The van der Waals surface area contributed by atoms with Crippen molar-refractivity contribution in [2.24, 2.45) is 5.11 Å². The van der Waals surface area contributed by atoms with E-state index in [2.05, 4.69) is 10.0 Å². The average Bonchev–Trinajstić information content (AvgIpc) is 2.89. The highest BCUT2D eigenvalue weighted by molar-refractivity contribution is 5.67. The smallest absolute Gasteiger partial charge is 0.303 e. The van der Waals surface area contributed by atoms with Crippen molar-refractivity contribution in [1.82, 2.24) is 0 Å².